The van der Waals surface area contributed by atoms with Crippen LogP contribution in [0, 0.1) is 6.92 Å². The van der Waals surface area contributed by atoms with E-state index in [0.717, 1.165) is 0 Å². The lowest BCUT2D eigenvalue weighted by Gasteiger charge is -2.28. The number of rotatable bonds is 1. The van der Waals surface area contributed by atoms with Crippen LogP contribution in [0.4, 0.5) is 0 Å². The van der Waals surface area contributed by atoms with Crippen molar-refractivity contribution in [2.75, 3.05) is 6.61 Å². The van der Waals surface area contributed by atoms with Crippen LogP contribution in [-0.4, -0.2) is 28.4 Å². The zero-order chi connectivity index (χ0) is 11.3. The molecule has 6 heteroatoms. The third kappa shape index (κ3) is 1.34. The summed E-state index contributed by atoms with van der Waals surface area (Å²) < 4.78 is 12.4. The van der Waals surface area contributed by atoms with E-state index in [4.69, 9.17) is 9.47 Å². The predicted octanol–water partition coefficient (Wildman–Crippen LogP) is -0.469. The van der Waals surface area contributed by atoms with Crippen molar-refractivity contribution < 1.29 is 9.47 Å². The first-order valence-electron chi connectivity index (χ1n) is 5.24. The first-order valence-corrected chi connectivity index (χ1v) is 5.24. The normalized spacial score (nSPS) is 32.2. The van der Waals surface area contributed by atoms with Gasteiger partial charge in [-0.25, -0.2) is 4.79 Å². The topological polar surface area (TPSA) is 73.3 Å². The molecular formula is C10H12N2O4. The molecule has 6 nitrogen and oxygen atoms in total. The number of aromatic nitrogens is 2. The first kappa shape index (κ1) is 9.80. The molecule has 1 aromatic heterocycles. The average Bonchev–Trinajstić information content (AvgIpc) is 2.49. The molecule has 0 bridgehead atoms. The van der Waals surface area contributed by atoms with Gasteiger partial charge in [0.05, 0.1) is 12.7 Å². The Morgan fingerprint density at radius 2 is 2.25 bits per heavy atom. The number of nitrogens with one attached hydrogen (secondary N) is 1. The first-order chi connectivity index (χ1) is 7.65. The molecule has 2 aliphatic heterocycles. The maximum atomic E-state index is 11.6. The van der Waals surface area contributed by atoms with Gasteiger partial charge in [-0.05, 0) is 6.92 Å². The van der Waals surface area contributed by atoms with Gasteiger partial charge in [-0.1, -0.05) is 0 Å². The second kappa shape index (κ2) is 3.29. The van der Waals surface area contributed by atoms with Gasteiger partial charge >= 0.3 is 5.69 Å². The highest BCUT2D eigenvalue weighted by atomic mass is 16.6. The number of hydrogen-bond acceptors (Lipinski definition) is 4. The van der Waals surface area contributed by atoms with E-state index in [1.54, 1.807) is 6.92 Å². The van der Waals surface area contributed by atoms with Crippen molar-refractivity contribution in [3.63, 3.8) is 0 Å². The molecule has 3 heterocycles. The fourth-order valence-electron chi connectivity index (χ4n) is 2.09. The Balaban J connectivity index is 1.97. The minimum Gasteiger partial charge on any atom is -0.372 e. The standard InChI is InChI=1S/C10H12N2O4/c1-5-3-12(10(14)11-9(5)13)8-2-6-7(16-8)4-15-6/h3,6-8H,2,4H2,1H3,(H,11,13,14)/t6-,7+,8+/m1/s1. The Bertz CT molecular complexity index is 520. The number of aromatic amines is 1. The Hall–Kier alpha value is -1.40. The number of nitrogens with zero attached hydrogens (tertiary/aromatic N) is 1. The Kier molecular flexibility index (Phi) is 2.02. The molecule has 2 aliphatic rings. The molecule has 2 fully saturated rings. The van der Waals surface area contributed by atoms with Crippen LogP contribution in [0.25, 0.3) is 0 Å². The molecule has 0 radical (unpaired) electrons. The molecule has 1 aromatic rings. The van der Waals surface area contributed by atoms with Crippen LogP contribution < -0.4 is 11.2 Å². The van der Waals surface area contributed by atoms with E-state index in [0.29, 0.717) is 18.6 Å². The van der Waals surface area contributed by atoms with Gasteiger partial charge in [0.2, 0.25) is 0 Å². The summed E-state index contributed by atoms with van der Waals surface area (Å²) in [7, 11) is 0. The lowest BCUT2D eigenvalue weighted by molar-refractivity contribution is -0.149. The highest BCUT2D eigenvalue weighted by Crippen LogP contribution is 2.35. The average molecular weight is 224 g/mol. The monoisotopic (exact) mass is 224 g/mol. The number of aryl methyl sites for hydroxylation is 1. The lowest BCUT2D eigenvalue weighted by Crippen LogP contribution is -2.40. The van der Waals surface area contributed by atoms with E-state index in [1.165, 1.54) is 10.8 Å². The molecular weight excluding hydrogens is 212 g/mol. The van der Waals surface area contributed by atoms with Crippen LogP contribution in [0.1, 0.15) is 18.2 Å². The van der Waals surface area contributed by atoms with Crippen molar-refractivity contribution >= 4 is 0 Å². The van der Waals surface area contributed by atoms with E-state index in [2.05, 4.69) is 4.98 Å². The highest BCUT2D eigenvalue weighted by Gasteiger charge is 2.44. The van der Waals surface area contributed by atoms with Crippen molar-refractivity contribution in [3.8, 4) is 0 Å². The molecule has 16 heavy (non-hydrogen) atoms. The third-order valence-electron chi connectivity index (χ3n) is 3.11. The second-order valence-corrected chi connectivity index (χ2v) is 4.22. The van der Waals surface area contributed by atoms with Gasteiger partial charge in [-0.3, -0.25) is 14.3 Å². The fraction of sp³-hybridized carbons (Fsp3) is 0.600. The predicted molar refractivity (Wildman–Crippen MR) is 54.3 cm³/mol. The molecule has 0 aliphatic carbocycles. The Labute approximate surface area is 90.8 Å². The SMILES string of the molecule is Cc1cn([C@@H]2C[C@H]3OC[C@@H]3O2)c(=O)[nH]c1=O. The van der Waals surface area contributed by atoms with Crippen molar-refractivity contribution in [3.05, 3.63) is 32.6 Å². The molecule has 0 spiro atoms. The van der Waals surface area contributed by atoms with Crippen molar-refractivity contribution in [2.24, 2.45) is 0 Å². The maximum Gasteiger partial charge on any atom is 0.330 e. The summed E-state index contributed by atoms with van der Waals surface area (Å²) >= 11 is 0. The van der Waals surface area contributed by atoms with Gasteiger partial charge in [0.15, 0.2) is 0 Å². The van der Waals surface area contributed by atoms with Gasteiger partial charge in [0.1, 0.15) is 12.3 Å². The molecule has 0 amide bonds. The van der Waals surface area contributed by atoms with Crippen LogP contribution in [0.15, 0.2) is 15.8 Å². The molecule has 0 saturated carbocycles. The van der Waals surface area contributed by atoms with Gasteiger partial charge in [0.25, 0.3) is 5.56 Å². The summed E-state index contributed by atoms with van der Waals surface area (Å²) in [5, 5.41) is 0. The third-order valence-corrected chi connectivity index (χ3v) is 3.11. The maximum absolute atomic E-state index is 11.6. The Morgan fingerprint density at radius 3 is 2.81 bits per heavy atom. The van der Waals surface area contributed by atoms with Crippen LogP contribution in [0.2, 0.25) is 0 Å². The zero-order valence-electron chi connectivity index (χ0n) is 8.80. The van der Waals surface area contributed by atoms with E-state index < -0.39 is 5.69 Å². The van der Waals surface area contributed by atoms with Gasteiger partial charge in [-0.15, -0.1) is 0 Å². The fourth-order valence-corrected chi connectivity index (χ4v) is 2.09. The summed E-state index contributed by atoms with van der Waals surface area (Å²) in [4.78, 5) is 25.1. The summed E-state index contributed by atoms with van der Waals surface area (Å²) in [5.41, 5.74) is -0.274. The summed E-state index contributed by atoms with van der Waals surface area (Å²) in [6.45, 7) is 2.26. The van der Waals surface area contributed by atoms with E-state index in [1.807, 2.05) is 0 Å². The van der Waals surface area contributed by atoms with E-state index in [9.17, 15) is 9.59 Å². The molecule has 1 N–H and O–H groups in total. The summed E-state index contributed by atoms with van der Waals surface area (Å²) in [6, 6.07) is 0. The number of H-pyrrole nitrogens is 1. The number of hydrogen-bond donors (Lipinski definition) is 1. The smallest absolute Gasteiger partial charge is 0.330 e. The number of fused-ring (bicyclic) bond motifs is 1. The molecule has 86 valence electrons. The molecule has 0 unspecified atom stereocenters. The molecule has 2 saturated heterocycles. The van der Waals surface area contributed by atoms with Gasteiger partial charge in [-0.2, -0.15) is 0 Å². The van der Waals surface area contributed by atoms with Crippen LogP contribution in [0.5, 0.6) is 0 Å². The van der Waals surface area contributed by atoms with Crippen LogP contribution in [0.3, 0.4) is 0 Å². The quantitative estimate of drug-likeness (QED) is 0.700. The van der Waals surface area contributed by atoms with E-state index in [-0.39, 0.29) is 24.0 Å². The summed E-state index contributed by atoms with van der Waals surface area (Å²) in [5.74, 6) is 0. The molecule has 3 atom stereocenters. The molecule has 0 aromatic carbocycles. The van der Waals surface area contributed by atoms with Crippen molar-refractivity contribution in [1.29, 1.82) is 0 Å². The second-order valence-electron chi connectivity index (χ2n) is 4.22. The van der Waals surface area contributed by atoms with Gasteiger partial charge in [0, 0.05) is 18.2 Å². The van der Waals surface area contributed by atoms with Gasteiger partial charge < -0.3 is 9.47 Å². The van der Waals surface area contributed by atoms with Crippen molar-refractivity contribution in [1.82, 2.24) is 9.55 Å². The highest BCUT2D eigenvalue weighted by molar-refractivity contribution is 5.02. The van der Waals surface area contributed by atoms with Crippen LogP contribution >= 0.6 is 0 Å². The van der Waals surface area contributed by atoms with Crippen molar-refractivity contribution in [2.45, 2.75) is 31.8 Å². The molecule has 3 rings (SSSR count). The largest absolute Gasteiger partial charge is 0.372 e. The Morgan fingerprint density at radius 1 is 1.44 bits per heavy atom. The minimum absolute atomic E-state index is 0.101. The summed E-state index contributed by atoms with van der Waals surface area (Å²) in [6.07, 6.45) is 2.08. The van der Waals surface area contributed by atoms with E-state index >= 15 is 0 Å². The van der Waals surface area contributed by atoms with Crippen LogP contribution in [-0.2, 0) is 9.47 Å². The number of ether oxygens (including phenoxy) is 2. The zero-order valence-corrected chi connectivity index (χ0v) is 8.80. The lowest BCUT2D eigenvalue weighted by atomic mass is 10.1. The minimum atomic E-state index is -0.429.